The average Bonchev–Trinajstić information content (AvgIpc) is 3.29. The molecule has 5 rings (SSSR count). The second-order valence-corrected chi connectivity index (χ2v) is 10.1. The van der Waals surface area contributed by atoms with Crippen molar-refractivity contribution in [3.8, 4) is 5.75 Å². The number of benzene rings is 3. The molecule has 1 aliphatic heterocycles. The van der Waals surface area contributed by atoms with Crippen molar-refractivity contribution in [2.75, 3.05) is 17.1 Å². The molecule has 0 amide bonds. The Labute approximate surface area is 189 Å². The number of rotatable bonds is 5. The Morgan fingerprint density at radius 2 is 1.78 bits per heavy atom. The number of aryl methyl sites for hydroxylation is 1. The summed E-state index contributed by atoms with van der Waals surface area (Å²) in [5.41, 5.74) is 5.09. The summed E-state index contributed by atoms with van der Waals surface area (Å²) in [6.07, 6.45) is 5.41. The summed E-state index contributed by atoms with van der Waals surface area (Å²) >= 11 is 0. The quantitative estimate of drug-likeness (QED) is 0.499. The molecule has 3 aromatic carbocycles. The van der Waals surface area contributed by atoms with Gasteiger partial charge in [0.2, 0.25) is 0 Å². The van der Waals surface area contributed by atoms with Gasteiger partial charge in [0.25, 0.3) is 10.0 Å². The minimum atomic E-state index is -3.71. The van der Waals surface area contributed by atoms with Crippen LogP contribution in [0.2, 0.25) is 0 Å². The van der Waals surface area contributed by atoms with Crippen molar-refractivity contribution in [1.82, 2.24) is 0 Å². The zero-order valence-electron chi connectivity index (χ0n) is 18.1. The molecule has 0 bridgehead atoms. The Kier molecular flexibility index (Phi) is 5.18. The molecule has 32 heavy (non-hydrogen) atoms. The molecular formula is C26H26N2O3S. The summed E-state index contributed by atoms with van der Waals surface area (Å²) < 4.78 is 34.0. The van der Waals surface area contributed by atoms with Crippen LogP contribution in [0.4, 0.5) is 11.4 Å². The van der Waals surface area contributed by atoms with Gasteiger partial charge in [-0.3, -0.25) is 4.72 Å². The third kappa shape index (κ3) is 3.65. The van der Waals surface area contributed by atoms with E-state index in [0.717, 1.165) is 17.7 Å². The number of hydrogen-bond donors (Lipinski definition) is 2. The molecule has 0 saturated carbocycles. The van der Waals surface area contributed by atoms with Crippen molar-refractivity contribution in [3.63, 3.8) is 0 Å². The van der Waals surface area contributed by atoms with Crippen molar-refractivity contribution in [2.45, 2.75) is 30.2 Å². The molecule has 3 unspecified atom stereocenters. The van der Waals surface area contributed by atoms with Crippen LogP contribution in [-0.2, 0) is 10.0 Å². The standard InChI is InChI=1S/C26H26N2O3S/c1-17-6-3-4-7-21(17)26-23-9-5-8-22(23)24-16-20(14-15-25(24)27-26)32(29,30)28-18-10-12-19(31-2)13-11-18/h3-8,10-16,22-23,26-28H,9H2,1-2H3. The van der Waals surface area contributed by atoms with Crippen LogP contribution in [0.1, 0.15) is 35.1 Å². The second-order valence-electron chi connectivity index (χ2n) is 8.42. The molecule has 3 aromatic rings. The number of fused-ring (bicyclic) bond motifs is 3. The monoisotopic (exact) mass is 446 g/mol. The lowest BCUT2D eigenvalue weighted by atomic mass is 9.76. The molecule has 1 aliphatic carbocycles. The topological polar surface area (TPSA) is 67.4 Å². The van der Waals surface area contributed by atoms with E-state index in [9.17, 15) is 8.42 Å². The maximum absolute atomic E-state index is 13.1. The Balaban J connectivity index is 1.47. The Morgan fingerprint density at radius 3 is 2.53 bits per heavy atom. The van der Waals surface area contributed by atoms with Crippen LogP contribution in [-0.4, -0.2) is 15.5 Å². The molecule has 0 radical (unpaired) electrons. The highest BCUT2D eigenvalue weighted by Crippen LogP contribution is 2.50. The van der Waals surface area contributed by atoms with Gasteiger partial charge in [-0.15, -0.1) is 0 Å². The molecule has 3 atom stereocenters. The first-order chi connectivity index (χ1) is 15.5. The van der Waals surface area contributed by atoms with E-state index in [-0.39, 0.29) is 16.9 Å². The lowest BCUT2D eigenvalue weighted by molar-refractivity contribution is 0.415. The molecule has 164 valence electrons. The molecule has 0 saturated heterocycles. The summed E-state index contributed by atoms with van der Waals surface area (Å²) in [4.78, 5) is 0.266. The van der Waals surface area contributed by atoms with Crippen LogP contribution in [0.15, 0.2) is 83.8 Å². The molecule has 2 aliphatic rings. The van der Waals surface area contributed by atoms with Crippen LogP contribution in [0.25, 0.3) is 0 Å². The highest BCUT2D eigenvalue weighted by Gasteiger charge is 2.38. The van der Waals surface area contributed by atoms with E-state index in [1.54, 1.807) is 37.4 Å². The van der Waals surface area contributed by atoms with Crippen LogP contribution in [0.5, 0.6) is 5.75 Å². The van der Waals surface area contributed by atoms with Crippen molar-refractivity contribution >= 4 is 21.4 Å². The van der Waals surface area contributed by atoms with E-state index < -0.39 is 10.0 Å². The van der Waals surface area contributed by atoms with E-state index in [2.05, 4.69) is 53.4 Å². The third-order valence-corrected chi connectivity index (χ3v) is 7.89. The van der Waals surface area contributed by atoms with Gasteiger partial charge in [0, 0.05) is 17.3 Å². The van der Waals surface area contributed by atoms with Gasteiger partial charge in [0.1, 0.15) is 5.75 Å². The first kappa shape index (κ1) is 20.6. The SMILES string of the molecule is COc1ccc(NS(=O)(=O)c2ccc3c(c2)C2C=CCC2C(c2ccccc2C)N3)cc1. The van der Waals surface area contributed by atoms with Gasteiger partial charge < -0.3 is 10.1 Å². The highest BCUT2D eigenvalue weighted by atomic mass is 32.2. The van der Waals surface area contributed by atoms with Crippen molar-refractivity contribution < 1.29 is 13.2 Å². The molecule has 0 fully saturated rings. The Bertz CT molecular complexity index is 1280. The number of nitrogens with one attached hydrogen (secondary N) is 2. The Morgan fingerprint density at radius 1 is 1.00 bits per heavy atom. The molecule has 1 heterocycles. The van der Waals surface area contributed by atoms with Gasteiger partial charge in [0.15, 0.2) is 0 Å². The number of hydrogen-bond acceptors (Lipinski definition) is 4. The summed E-state index contributed by atoms with van der Waals surface area (Å²) in [5, 5.41) is 3.70. The van der Waals surface area contributed by atoms with E-state index in [4.69, 9.17) is 4.74 Å². The van der Waals surface area contributed by atoms with Gasteiger partial charge in [0.05, 0.1) is 18.0 Å². The first-order valence-electron chi connectivity index (χ1n) is 10.8. The van der Waals surface area contributed by atoms with Crippen molar-refractivity contribution in [2.24, 2.45) is 5.92 Å². The average molecular weight is 447 g/mol. The summed E-state index contributed by atoms with van der Waals surface area (Å²) in [7, 11) is -2.13. The molecule has 5 nitrogen and oxygen atoms in total. The minimum absolute atomic E-state index is 0.187. The van der Waals surface area contributed by atoms with E-state index in [1.165, 1.54) is 11.1 Å². The van der Waals surface area contributed by atoms with Crippen molar-refractivity contribution in [3.05, 3.63) is 95.6 Å². The zero-order chi connectivity index (χ0) is 22.3. The fourth-order valence-corrected chi connectivity index (χ4v) is 5.95. The van der Waals surface area contributed by atoms with Crippen LogP contribution in [0, 0.1) is 12.8 Å². The summed E-state index contributed by atoms with van der Waals surface area (Å²) in [6, 6.07) is 20.9. The number of sulfonamides is 1. The van der Waals surface area contributed by atoms with Gasteiger partial charge in [-0.05, 0) is 78.4 Å². The molecule has 0 aromatic heterocycles. The first-order valence-corrected chi connectivity index (χ1v) is 12.2. The normalized spacial score (nSPS) is 21.4. The number of allylic oxidation sites excluding steroid dienone is 2. The van der Waals surface area contributed by atoms with Gasteiger partial charge in [-0.25, -0.2) is 8.42 Å². The number of anilines is 2. The van der Waals surface area contributed by atoms with E-state index >= 15 is 0 Å². The molecular weight excluding hydrogens is 420 g/mol. The molecule has 0 spiro atoms. The van der Waals surface area contributed by atoms with Crippen molar-refractivity contribution in [1.29, 1.82) is 0 Å². The van der Waals surface area contributed by atoms with E-state index in [1.807, 2.05) is 12.1 Å². The summed E-state index contributed by atoms with van der Waals surface area (Å²) in [6.45, 7) is 2.14. The number of ether oxygens (including phenoxy) is 1. The predicted octanol–water partition coefficient (Wildman–Crippen LogP) is 5.63. The van der Waals surface area contributed by atoms with E-state index in [0.29, 0.717) is 17.4 Å². The van der Waals surface area contributed by atoms with Gasteiger partial charge in [-0.2, -0.15) is 0 Å². The van der Waals surface area contributed by atoms with Crippen LogP contribution < -0.4 is 14.8 Å². The number of methoxy groups -OCH3 is 1. The fourth-order valence-electron chi connectivity index (χ4n) is 4.86. The van der Waals surface area contributed by atoms with Crippen LogP contribution >= 0.6 is 0 Å². The Hall–Kier alpha value is -3.25. The van der Waals surface area contributed by atoms with Crippen LogP contribution in [0.3, 0.4) is 0 Å². The van der Waals surface area contributed by atoms with Gasteiger partial charge in [-0.1, -0.05) is 36.4 Å². The lowest BCUT2D eigenvalue weighted by Gasteiger charge is -2.38. The fraction of sp³-hybridized carbons (Fsp3) is 0.231. The highest BCUT2D eigenvalue weighted by molar-refractivity contribution is 7.92. The molecule has 2 N–H and O–H groups in total. The smallest absolute Gasteiger partial charge is 0.261 e. The maximum Gasteiger partial charge on any atom is 0.261 e. The third-order valence-electron chi connectivity index (χ3n) is 6.51. The lowest BCUT2D eigenvalue weighted by Crippen LogP contribution is -2.29. The summed E-state index contributed by atoms with van der Waals surface area (Å²) in [5.74, 6) is 1.22. The van der Waals surface area contributed by atoms with Gasteiger partial charge >= 0.3 is 0 Å². The maximum atomic E-state index is 13.1. The largest absolute Gasteiger partial charge is 0.497 e. The second kappa shape index (κ2) is 8.02. The molecule has 6 heteroatoms. The predicted molar refractivity (Wildman–Crippen MR) is 128 cm³/mol. The minimum Gasteiger partial charge on any atom is -0.497 e. The zero-order valence-corrected chi connectivity index (χ0v) is 18.9.